The van der Waals surface area contributed by atoms with Gasteiger partial charge in [-0.15, -0.1) is 11.3 Å². The molecule has 0 N–H and O–H groups in total. The molecule has 0 radical (unpaired) electrons. The number of carbonyl (C=O) groups is 1. The summed E-state index contributed by atoms with van der Waals surface area (Å²) in [6.07, 6.45) is 2.08. The van der Waals surface area contributed by atoms with Gasteiger partial charge < -0.3 is 14.4 Å². The van der Waals surface area contributed by atoms with Gasteiger partial charge in [0.2, 0.25) is 0 Å². The molecule has 2 saturated heterocycles. The first-order valence-electron chi connectivity index (χ1n) is 9.72. The van der Waals surface area contributed by atoms with Gasteiger partial charge in [0.15, 0.2) is 0 Å². The number of ether oxygens (including phenoxy) is 2. The monoisotopic (exact) mass is 436 g/mol. The minimum atomic E-state index is -3.48. The zero-order chi connectivity index (χ0) is 20.3. The van der Waals surface area contributed by atoms with Crippen molar-refractivity contribution >= 4 is 27.3 Å². The molecular formula is C20H24N2O5S2. The Kier molecular flexibility index (Phi) is 6.19. The number of piperazine rings is 1. The van der Waals surface area contributed by atoms with E-state index in [2.05, 4.69) is 0 Å². The van der Waals surface area contributed by atoms with E-state index >= 15 is 0 Å². The lowest BCUT2D eigenvalue weighted by atomic mass is 10.1. The summed E-state index contributed by atoms with van der Waals surface area (Å²) in [4.78, 5) is 14.7. The predicted molar refractivity (Wildman–Crippen MR) is 110 cm³/mol. The molecule has 0 bridgehead atoms. The molecule has 9 heteroatoms. The third kappa shape index (κ3) is 4.48. The van der Waals surface area contributed by atoms with Crippen LogP contribution in [0.1, 0.15) is 23.2 Å². The predicted octanol–water partition coefficient (Wildman–Crippen LogP) is 2.45. The Bertz CT molecular complexity index is 932. The fraction of sp³-hybridized carbons (Fsp3) is 0.450. The van der Waals surface area contributed by atoms with Gasteiger partial charge in [-0.1, -0.05) is 18.2 Å². The molecule has 2 aromatic rings. The van der Waals surface area contributed by atoms with Gasteiger partial charge in [-0.2, -0.15) is 4.31 Å². The number of carbonyl (C=O) groups excluding carboxylic acids is 1. The Hall–Kier alpha value is -1.94. The van der Waals surface area contributed by atoms with Crippen LogP contribution in [-0.4, -0.2) is 69.0 Å². The first kappa shape index (κ1) is 20.3. The number of thiophene rings is 1. The standard InChI is InChI=1S/C20H24N2O5S2/c23-20(17-6-1-2-7-18(17)27-15-16-5-3-13-26-16)21-9-11-22(12-10-21)29(24,25)19-8-4-14-28-19/h1-2,4,6-8,14,16H,3,5,9-13,15H2/t16-/m0/s1. The zero-order valence-electron chi connectivity index (χ0n) is 16.0. The average Bonchev–Trinajstić information content (AvgIpc) is 3.46. The van der Waals surface area contributed by atoms with Crippen LogP contribution in [0.2, 0.25) is 0 Å². The van der Waals surface area contributed by atoms with Crippen molar-refractivity contribution in [2.24, 2.45) is 0 Å². The molecule has 1 aromatic carbocycles. The van der Waals surface area contributed by atoms with E-state index in [9.17, 15) is 13.2 Å². The Balaban J connectivity index is 1.40. The molecule has 0 saturated carbocycles. The number of nitrogens with zero attached hydrogens (tertiary/aromatic N) is 2. The van der Waals surface area contributed by atoms with Crippen LogP contribution in [0, 0.1) is 0 Å². The van der Waals surface area contributed by atoms with Crippen molar-refractivity contribution in [1.82, 2.24) is 9.21 Å². The fourth-order valence-electron chi connectivity index (χ4n) is 3.57. The number of hydrogen-bond acceptors (Lipinski definition) is 6. The third-order valence-corrected chi connectivity index (χ3v) is 8.45. The molecule has 1 aromatic heterocycles. The van der Waals surface area contributed by atoms with E-state index in [1.807, 2.05) is 12.1 Å². The molecule has 156 valence electrons. The number of rotatable bonds is 6. The Morgan fingerprint density at radius 1 is 1.14 bits per heavy atom. The van der Waals surface area contributed by atoms with E-state index in [1.54, 1.807) is 34.5 Å². The van der Waals surface area contributed by atoms with Gasteiger partial charge in [-0.05, 0) is 36.4 Å². The molecule has 1 atom stereocenters. The van der Waals surface area contributed by atoms with Gasteiger partial charge in [-0.25, -0.2) is 8.42 Å². The molecule has 29 heavy (non-hydrogen) atoms. The lowest BCUT2D eigenvalue weighted by Gasteiger charge is -2.34. The third-order valence-electron chi connectivity index (χ3n) is 5.18. The summed E-state index contributed by atoms with van der Waals surface area (Å²) < 4.78 is 38.6. The van der Waals surface area contributed by atoms with Crippen molar-refractivity contribution < 1.29 is 22.7 Å². The highest BCUT2D eigenvalue weighted by Gasteiger charge is 2.31. The molecular weight excluding hydrogens is 412 g/mol. The van der Waals surface area contributed by atoms with Crippen LogP contribution in [0.3, 0.4) is 0 Å². The maximum atomic E-state index is 13.1. The SMILES string of the molecule is O=C(c1ccccc1OC[C@@H]1CCCO1)N1CCN(S(=O)(=O)c2cccs2)CC1. The van der Waals surface area contributed by atoms with Crippen LogP contribution in [0.4, 0.5) is 0 Å². The quantitative estimate of drug-likeness (QED) is 0.695. The van der Waals surface area contributed by atoms with Crippen molar-refractivity contribution in [1.29, 1.82) is 0 Å². The summed E-state index contributed by atoms with van der Waals surface area (Å²) in [5.74, 6) is 0.405. The number of para-hydroxylation sites is 1. The number of hydrogen-bond donors (Lipinski definition) is 0. The first-order chi connectivity index (χ1) is 14.1. The fourth-order valence-corrected chi connectivity index (χ4v) is 6.13. The lowest BCUT2D eigenvalue weighted by molar-refractivity contribution is 0.0632. The second-order valence-electron chi connectivity index (χ2n) is 7.07. The molecule has 7 nitrogen and oxygen atoms in total. The Labute approximate surface area is 174 Å². The van der Waals surface area contributed by atoms with E-state index in [0.29, 0.717) is 35.2 Å². The molecule has 2 aliphatic rings. The molecule has 4 rings (SSSR count). The Morgan fingerprint density at radius 3 is 2.62 bits per heavy atom. The summed E-state index contributed by atoms with van der Waals surface area (Å²) in [7, 11) is -3.48. The summed E-state index contributed by atoms with van der Waals surface area (Å²) in [6, 6.07) is 10.5. The highest BCUT2D eigenvalue weighted by Crippen LogP contribution is 2.25. The molecule has 1 amide bonds. The summed E-state index contributed by atoms with van der Waals surface area (Å²) in [5.41, 5.74) is 0.500. The maximum Gasteiger partial charge on any atom is 0.257 e. The average molecular weight is 437 g/mol. The topological polar surface area (TPSA) is 76.2 Å². The maximum absolute atomic E-state index is 13.1. The van der Waals surface area contributed by atoms with Crippen molar-refractivity contribution in [2.45, 2.75) is 23.2 Å². The largest absolute Gasteiger partial charge is 0.490 e. The zero-order valence-corrected chi connectivity index (χ0v) is 17.7. The van der Waals surface area contributed by atoms with Gasteiger partial charge in [0.25, 0.3) is 15.9 Å². The smallest absolute Gasteiger partial charge is 0.257 e. The molecule has 0 spiro atoms. The van der Waals surface area contributed by atoms with Gasteiger partial charge in [0.05, 0.1) is 11.7 Å². The normalized spacial score (nSPS) is 20.7. The Morgan fingerprint density at radius 2 is 1.93 bits per heavy atom. The minimum Gasteiger partial charge on any atom is -0.490 e. The molecule has 2 aliphatic heterocycles. The van der Waals surface area contributed by atoms with E-state index in [4.69, 9.17) is 9.47 Å². The number of sulfonamides is 1. The van der Waals surface area contributed by atoms with Crippen LogP contribution >= 0.6 is 11.3 Å². The van der Waals surface area contributed by atoms with E-state index < -0.39 is 10.0 Å². The van der Waals surface area contributed by atoms with Gasteiger partial charge >= 0.3 is 0 Å². The van der Waals surface area contributed by atoms with Crippen molar-refractivity contribution in [3.63, 3.8) is 0 Å². The molecule has 2 fully saturated rings. The van der Waals surface area contributed by atoms with Crippen LogP contribution < -0.4 is 4.74 Å². The van der Waals surface area contributed by atoms with Crippen LogP contribution in [-0.2, 0) is 14.8 Å². The van der Waals surface area contributed by atoms with E-state index in [0.717, 1.165) is 19.4 Å². The van der Waals surface area contributed by atoms with Crippen molar-refractivity contribution in [2.75, 3.05) is 39.4 Å². The number of amides is 1. The van der Waals surface area contributed by atoms with E-state index in [1.165, 1.54) is 15.6 Å². The van der Waals surface area contributed by atoms with Crippen molar-refractivity contribution in [3.8, 4) is 5.75 Å². The second-order valence-corrected chi connectivity index (χ2v) is 10.2. The molecule has 0 unspecified atom stereocenters. The second kappa shape index (κ2) is 8.83. The van der Waals surface area contributed by atoms with Crippen LogP contribution in [0.5, 0.6) is 5.75 Å². The highest BCUT2D eigenvalue weighted by atomic mass is 32.2. The molecule has 3 heterocycles. The summed E-state index contributed by atoms with van der Waals surface area (Å²) >= 11 is 1.21. The first-order valence-corrected chi connectivity index (χ1v) is 12.0. The highest BCUT2D eigenvalue weighted by molar-refractivity contribution is 7.91. The lowest BCUT2D eigenvalue weighted by Crippen LogP contribution is -2.50. The van der Waals surface area contributed by atoms with Crippen molar-refractivity contribution in [3.05, 3.63) is 47.3 Å². The molecule has 0 aliphatic carbocycles. The van der Waals surface area contributed by atoms with Crippen LogP contribution in [0.15, 0.2) is 46.0 Å². The van der Waals surface area contributed by atoms with Crippen LogP contribution in [0.25, 0.3) is 0 Å². The van der Waals surface area contributed by atoms with Gasteiger partial charge in [0, 0.05) is 32.8 Å². The van der Waals surface area contributed by atoms with E-state index in [-0.39, 0.29) is 25.1 Å². The minimum absolute atomic E-state index is 0.0733. The van der Waals surface area contributed by atoms with Gasteiger partial charge in [0.1, 0.15) is 16.6 Å². The summed E-state index contributed by atoms with van der Waals surface area (Å²) in [6.45, 7) is 2.45. The van der Waals surface area contributed by atoms with Gasteiger partial charge in [-0.3, -0.25) is 4.79 Å². The number of benzene rings is 1. The summed E-state index contributed by atoms with van der Waals surface area (Å²) in [5, 5.41) is 1.75.